The number of nitrogens with zero attached hydrogens (tertiary/aromatic N) is 3. The third-order valence-corrected chi connectivity index (χ3v) is 3.77. The second kappa shape index (κ2) is 3.17. The minimum absolute atomic E-state index is 0.373. The highest BCUT2D eigenvalue weighted by atomic mass is 15.2. The van der Waals surface area contributed by atoms with Gasteiger partial charge < -0.3 is 4.90 Å². The lowest BCUT2D eigenvalue weighted by atomic mass is 9.90. The van der Waals surface area contributed by atoms with E-state index in [1.807, 2.05) is 12.4 Å². The van der Waals surface area contributed by atoms with E-state index in [2.05, 4.69) is 48.1 Å². The number of anilines is 1. The summed E-state index contributed by atoms with van der Waals surface area (Å²) in [5.41, 5.74) is 5.09. The molecule has 3 rings (SSSR count). The zero-order chi connectivity index (χ0) is 11.3. The molecule has 0 spiro atoms. The fraction of sp³-hybridized carbons (Fsp3) is 0.385. The molecular formula is C13H15N3. The van der Waals surface area contributed by atoms with Crippen molar-refractivity contribution >= 4 is 11.9 Å². The van der Waals surface area contributed by atoms with Gasteiger partial charge in [0.1, 0.15) is 0 Å². The van der Waals surface area contributed by atoms with E-state index >= 15 is 0 Å². The Morgan fingerprint density at radius 1 is 1.31 bits per heavy atom. The van der Waals surface area contributed by atoms with Crippen molar-refractivity contribution in [1.29, 1.82) is 0 Å². The SMILES string of the molecule is CC1=C(C)C2C(C=N1)c1cnccc1N2C. The van der Waals surface area contributed by atoms with Crippen LogP contribution in [-0.4, -0.2) is 24.3 Å². The quantitative estimate of drug-likeness (QED) is 0.662. The molecule has 0 aliphatic carbocycles. The summed E-state index contributed by atoms with van der Waals surface area (Å²) in [5.74, 6) is 0.373. The van der Waals surface area contributed by atoms with E-state index in [1.165, 1.54) is 16.8 Å². The average Bonchev–Trinajstić information content (AvgIpc) is 2.59. The van der Waals surface area contributed by atoms with Gasteiger partial charge in [0.2, 0.25) is 0 Å². The molecule has 2 unspecified atom stereocenters. The number of hydrogen-bond donors (Lipinski definition) is 0. The molecule has 3 heterocycles. The molecule has 2 atom stereocenters. The highest BCUT2D eigenvalue weighted by Crippen LogP contribution is 2.43. The van der Waals surface area contributed by atoms with Crippen LogP contribution in [0.1, 0.15) is 25.3 Å². The fourth-order valence-electron chi connectivity index (χ4n) is 2.77. The summed E-state index contributed by atoms with van der Waals surface area (Å²) >= 11 is 0. The Labute approximate surface area is 95.5 Å². The van der Waals surface area contributed by atoms with Crippen LogP contribution in [0.25, 0.3) is 0 Å². The number of pyridine rings is 1. The zero-order valence-electron chi connectivity index (χ0n) is 9.81. The van der Waals surface area contributed by atoms with Crippen LogP contribution in [0.2, 0.25) is 0 Å². The van der Waals surface area contributed by atoms with Crippen LogP contribution in [0.5, 0.6) is 0 Å². The molecular weight excluding hydrogens is 198 g/mol. The van der Waals surface area contributed by atoms with Gasteiger partial charge in [0.15, 0.2) is 0 Å². The van der Waals surface area contributed by atoms with E-state index in [1.54, 1.807) is 0 Å². The Morgan fingerprint density at radius 2 is 2.12 bits per heavy atom. The highest BCUT2D eigenvalue weighted by Gasteiger charge is 2.38. The van der Waals surface area contributed by atoms with Gasteiger partial charge in [0, 0.05) is 48.5 Å². The molecule has 2 aliphatic heterocycles. The minimum atomic E-state index is 0.373. The molecule has 16 heavy (non-hydrogen) atoms. The van der Waals surface area contributed by atoms with E-state index < -0.39 is 0 Å². The molecule has 2 aliphatic rings. The maximum Gasteiger partial charge on any atom is 0.0636 e. The Morgan fingerprint density at radius 3 is 2.94 bits per heavy atom. The molecule has 0 bridgehead atoms. The molecule has 0 N–H and O–H groups in total. The van der Waals surface area contributed by atoms with Crippen molar-refractivity contribution in [1.82, 2.24) is 4.98 Å². The van der Waals surface area contributed by atoms with Gasteiger partial charge in [0.05, 0.1) is 6.04 Å². The predicted octanol–water partition coefficient (Wildman–Crippen LogP) is 2.36. The van der Waals surface area contributed by atoms with Crippen LogP contribution in [0, 0.1) is 0 Å². The molecule has 3 nitrogen and oxygen atoms in total. The Balaban J connectivity index is 2.17. The van der Waals surface area contributed by atoms with Gasteiger partial charge >= 0.3 is 0 Å². The molecule has 1 aromatic heterocycles. The maximum absolute atomic E-state index is 4.49. The normalized spacial score (nSPS) is 27.1. The number of hydrogen-bond acceptors (Lipinski definition) is 3. The van der Waals surface area contributed by atoms with Crippen LogP contribution in [-0.2, 0) is 0 Å². The largest absolute Gasteiger partial charge is 0.366 e. The zero-order valence-corrected chi connectivity index (χ0v) is 9.81. The first kappa shape index (κ1) is 9.58. The summed E-state index contributed by atoms with van der Waals surface area (Å²) in [6.07, 6.45) is 5.89. The summed E-state index contributed by atoms with van der Waals surface area (Å²) < 4.78 is 0. The van der Waals surface area contributed by atoms with Gasteiger partial charge in [-0.2, -0.15) is 0 Å². The molecule has 82 valence electrons. The number of aromatic nitrogens is 1. The second-order valence-electron chi connectivity index (χ2n) is 4.56. The van der Waals surface area contributed by atoms with E-state index in [4.69, 9.17) is 0 Å². The topological polar surface area (TPSA) is 28.5 Å². The lowest BCUT2D eigenvalue weighted by Gasteiger charge is -2.29. The van der Waals surface area contributed by atoms with Gasteiger partial charge in [-0.1, -0.05) is 0 Å². The summed E-state index contributed by atoms with van der Waals surface area (Å²) in [6.45, 7) is 4.26. The van der Waals surface area contributed by atoms with Gasteiger partial charge in [0.25, 0.3) is 0 Å². The van der Waals surface area contributed by atoms with Crippen molar-refractivity contribution in [3.05, 3.63) is 35.3 Å². The monoisotopic (exact) mass is 213 g/mol. The van der Waals surface area contributed by atoms with Crippen molar-refractivity contribution in [3.8, 4) is 0 Å². The van der Waals surface area contributed by atoms with Gasteiger partial charge in [-0.3, -0.25) is 9.98 Å². The van der Waals surface area contributed by atoms with Crippen molar-refractivity contribution < 1.29 is 0 Å². The highest BCUT2D eigenvalue weighted by molar-refractivity contribution is 5.81. The number of rotatable bonds is 0. The third kappa shape index (κ3) is 1.08. The van der Waals surface area contributed by atoms with E-state index in [0.717, 1.165) is 5.70 Å². The van der Waals surface area contributed by atoms with Crippen LogP contribution in [0.15, 0.2) is 34.7 Å². The van der Waals surface area contributed by atoms with Crippen molar-refractivity contribution in [2.45, 2.75) is 25.8 Å². The molecule has 0 amide bonds. The minimum Gasteiger partial charge on any atom is -0.366 e. The first-order valence-corrected chi connectivity index (χ1v) is 5.58. The summed E-state index contributed by atoms with van der Waals surface area (Å²) in [7, 11) is 2.15. The van der Waals surface area contributed by atoms with E-state index in [9.17, 15) is 0 Å². The Bertz CT molecular complexity index is 502. The molecule has 0 saturated carbocycles. The molecule has 0 saturated heterocycles. The summed E-state index contributed by atoms with van der Waals surface area (Å²) in [6, 6.07) is 2.51. The van der Waals surface area contributed by atoms with Crippen molar-refractivity contribution in [3.63, 3.8) is 0 Å². The maximum atomic E-state index is 4.49. The smallest absolute Gasteiger partial charge is 0.0636 e. The lowest BCUT2D eigenvalue weighted by Crippen LogP contribution is -2.34. The average molecular weight is 213 g/mol. The molecule has 0 radical (unpaired) electrons. The Hall–Kier alpha value is -1.64. The number of likely N-dealkylation sites (N-methyl/N-ethyl adjacent to an activating group) is 1. The van der Waals surface area contributed by atoms with Crippen molar-refractivity contribution in [2.75, 3.05) is 11.9 Å². The summed E-state index contributed by atoms with van der Waals surface area (Å²) in [4.78, 5) is 11.0. The van der Waals surface area contributed by atoms with E-state index in [0.29, 0.717) is 12.0 Å². The number of fused-ring (bicyclic) bond motifs is 3. The standard InChI is InChI=1S/C13H15N3/c1-8-9(2)15-7-11-10-6-14-5-4-12(10)16(3)13(8)11/h4-7,11,13H,1-3H3. The van der Waals surface area contributed by atoms with Gasteiger partial charge in [-0.15, -0.1) is 0 Å². The second-order valence-corrected chi connectivity index (χ2v) is 4.56. The first-order valence-electron chi connectivity index (χ1n) is 5.58. The third-order valence-electron chi connectivity index (χ3n) is 3.77. The van der Waals surface area contributed by atoms with Crippen LogP contribution in [0.3, 0.4) is 0 Å². The van der Waals surface area contributed by atoms with Crippen LogP contribution >= 0.6 is 0 Å². The molecule has 0 fully saturated rings. The van der Waals surface area contributed by atoms with Crippen LogP contribution in [0.4, 0.5) is 5.69 Å². The fourth-order valence-corrected chi connectivity index (χ4v) is 2.77. The molecule has 3 heteroatoms. The predicted molar refractivity (Wildman–Crippen MR) is 66.0 cm³/mol. The lowest BCUT2D eigenvalue weighted by molar-refractivity contribution is 0.701. The Kier molecular flexibility index (Phi) is 1.90. The van der Waals surface area contributed by atoms with Crippen LogP contribution < -0.4 is 4.90 Å². The summed E-state index contributed by atoms with van der Waals surface area (Å²) in [5, 5.41) is 0. The van der Waals surface area contributed by atoms with Gasteiger partial charge in [-0.25, -0.2) is 0 Å². The molecule has 0 aromatic carbocycles. The van der Waals surface area contributed by atoms with Crippen molar-refractivity contribution in [2.24, 2.45) is 4.99 Å². The van der Waals surface area contributed by atoms with Gasteiger partial charge in [-0.05, 0) is 25.5 Å². The molecule has 1 aromatic rings. The number of aliphatic imine (C=N–C) groups is 1. The van der Waals surface area contributed by atoms with E-state index in [-0.39, 0.29) is 0 Å². The first-order chi connectivity index (χ1) is 7.70. The number of allylic oxidation sites excluding steroid dienone is 1.